The van der Waals surface area contributed by atoms with Crippen molar-refractivity contribution in [2.24, 2.45) is 0 Å². The smallest absolute Gasteiger partial charge is 0.220 e. The van der Waals surface area contributed by atoms with Crippen molar-refractivity contribution >= 4 is 5.95 Å². The molecule has 1 aromatic carbocycles. The Kier molecular flexibility index (Phi) is 3.00. The van der Waals surface area contributed by atoms with Crippen LogP contribution in [0.15, 0.2) is 36.5 Å². The number of para-hydroxylation sites is 1. The van der Waals surface area contributed by atoms with Crippen molar-refractivity contribution < 1.29 is 4.74 Å². The van der Waals surface area contributed by atoms with E-state index in [-0.39, 0.29) is 5.95 Å². The Morgan fingerprint density at radius 2 is 2.00 bits per heavy atom. The maximum Gasteiger partial charge on any atom is 0.220 e. The number of aryl methyl sites for hydroxylation is 1. The minimum atomic E-state index is 0.275. The molecule has 4 nitrogen and oxygen atoms in total. The van der Waals surface area contributed by atoms with Gasteiger partial charge in [-0.15, -0.1) is 0 Å². The Labute approximate surface area is 94.1 Å². The van der Waals surface area contributed by atoms with Gasteiger partial charge in [0.25, 0.3) is 0 Å². The van der Waals surface area contributed by atoms with Crippen LogP contribution in [0.5, 0.6) is 11.5 Å². The van der Waals surface area contributed by atoms with E-state index >= 15 is 0 Å². The number of nitrogens with zero attached hydrogens (tertiary/aromatic N) is 2. The molecule has 16 heavy (non-hydrogen) atoms. The van der Waals surface area contributed by atoms with Gasteiger partial charge in [-0.1, -0.05) is 25.1 Å². The first-order valence-electron chi connectivity index (χ1n) is 5.14. The Hall–Kier alpha value is -2.10. The predicted octanol–water partition coefficient (Wildman–Crippen LogP) is 2.41. The molecule has 0 aliphatic heterocycles. The number of rotatable bonds is 3. The number of anilines is 1. The molecule has 0 saturated carbocycles. The van der Waals surface area contributed by atoms with E-state index in [1.165, 1.54) is 0 Å². The lowest BCUT2D eigenvalue weighted by atomic mass is 10.3. The average Bonchev–Trinajstić information content (AvgIpc) is 2.33. The largest absolute Gasteiger partial charge is 0.454 e. The zero-order valence-electron chi connectivity index (χ0n) is 9.05. The fourth-order valence-corrected chi connectivity index (χ4v) is 1.38. The van der Waals surface area contributed by atoms with Crippen LogP contribution in [0.4, 0.5) is 5.95 Å². The summed E-state index contributed by atoms with van der Waals surface area (Å²) < 4.78 is 5.67. The van der Waals surface area contributed by atoms with Crippen LogP contribution in [0.25, 0.3) is 0 Å². The van der Waals surface area contributed by atoms with Gasteiger partial charge < -0.3 is 10.5 Å². The van der Waals surface area contributed by atoms with Gasteiger partial charge in [0, 0.05) is 0 Å². The minimum absolute atomic E-state index is 0.275. The molecule has 0 saturated heterocycles. The highest BCUT2D eigenvalue weighted by Crippen LogP contribution is 2.23. The summed E-state index contributed by atoms with van der Waals surface area (Å²) in [6.07, 6.45) is 2.36. The normalized spacial score (nSPS) is 10.1. The Balaban J connectivity index is 2.28. The molecule has 0 bridgehead atoms. The first-order chi connectivity index (χ1) is 7.79. The van der Waals surface area contributed by atoms with Crippen molar-refractivity contribution in [3.8, 4) is 11.5 Å². The summed E-state index contributed by atoms with van der Waals surface area (Å²) in [6.45, 7) is 2.00. The molecule has 0 aliphatic carbocycles. The number of aromatic nitrogens is 2. The molecule has 1 heterocycles. The summed E-state index contributed by atoms with van der Waals surface area (Å²) in [5.74, 6) is 1.70. The molecular formula is C12H13N3O. The van der Waals surface area contributed by atoms with E-state index in [1.807, 2.05) is 37.3 Å². The number of nitrogens with two attached hydrogens (primary N) is 1. The molecular weight excluding hydrogens is 202 g/mol. The topological polar surface area (TPSA) is 61.0 Å². The van der Waals surface area contributed by atoms with Crippen LogP contribution in [-0.2, 0) is 6.42 Å². The van der Waals surface area contributed by atoms with Gasteiger partial charge in [0.05, 0.1) is 11.9 Å². The summed E-state index contributed by atoms with van der Waals surface area (Å²) in [4.78, 5) is 8.06. The van der Waals surface area contributed by atoms with Crippen LogP contribution in [0.3, 0.4) is 0 Å². The molecule has 0 fully saturated rings. The quantitative estimate of drug-likeness (QED) is 0.854. The van der Waals surface area contributed by atoms with Gasteiger partial charge >= 0.3 is 0 Å². The number of ether oxygens (including phenoxy) is 1. The highest BCUT2D eigenvalue weighted by molar-refractivity contribution is 5.35. The lowest BCUT2D eigenvalue weighted by molar-refractivity contribution is 0.470. The van der Waals surface area contributed by atoms with Crippen molar-refractivity contribution in [1.82, 2.24) is 9.97 Å². The molecule has 0 amide bonds. The Bertz CT molecular complexity index is 471. The molecule has 2 rings (SSSR count). The van der Waals surface area contributed by atoms with Crippen LogP contribution >= 0.6 is 0 Å². The number of benzene rings is 1. The van der Waals surface area contributed by atoms with Crippen molar-refractivity contribution in [3.63, 3.8) is 0 Å². The lowest BCUT2D eigenvalue weighted by Crippen LogP contribution is -2.00. The van der Waals surface area contributed by atoms with E-state index in [0.717, 1.165) is 17.9 Å². The summed E-state index contributed by atoms with van der Waals surface area (Å²) in [7, 11) is 0. The van der Waals surface area contributed by atoms with Gasteiger partial charge in [0.15, 0.2) is 5.75 Å². The highest BCUT2D eigenvalue weighted by atomic mass is 16.5. The number of hydrogen-bond acceptors (Lipinski definition) is 4. The standard InChI is InChI=1S/C12H13N3O/c1-2-10-11(8-14-12(13)15-10)16-9-6-4-3-5-7-9/h3-8H,2H2,1H3,(H2,13,14,15). The minimum Gasteiger partial charge on any atom is -0.454 e. The second kappa shape index (κ2) is 4.61. The van der Waals surface area contributed by atoms with E-state index in [2.05, 4.69) is 9.97 Å². The molecule has 82 valence electrons. The SMILES string of the molecule is CCc1nc(N)ncc1Oc1ccccc1. The van der Waals surface area contributed by atoms with Crippen LogP contribution in [-0.4, -0.2) is 9.97 Å². The van der Waals surface area contributed by atoms with Gasteiger partial charge in [-0.05, 0) is 18.6 Å². The van der Waals surface area contributed by atoms with E-state index in [4.69, 9.17) is 10.5 Å². The van der Waals surface area contributed by atoms with Gasteiger partial charge in [0.1, 0.15) is 5.75 Å². The first kappa shape index (κ1) is 10.4. The zero-order valence-corrected chi connectivity index (χ0v) is 9.05. The highest BCUT2D eigenvalue weighted by Gasteiger charge is 2.06. The van der Waals surface area contributed by atoms with Crippen molar-refractivity contribution in [2.45, 2.75) is 13.3 Å². The Morgan fingerprint density at radius 3 is 2.69 bits per heavy atom. The summed E-state index contributed by atoms with van der Waals surface area (Å²) in [5.41, 5.74) is 6.33. The Morgan fingerprint density at radius 1 is 1.25 bits per heavy atom. The average molecular weight is 215 g/mol. The van der Waals surface area contributed by atoms with Gasteiger partial charge in [-0.3, -0.25) is 0 Å². The van der Waals surface area contributed by atoms with Crippen molar-refractivity contribution in [1.29, 1.82) is 0 Å². The van der Waals surface area contributed by atoms with E-state index in [0.29, 0.717) is 5.75 Å². The predicted molar refractivity (Wildman–Crippen MR) is 62.3 cm³/mol. The summed E-state index contributed by atoms with van der Waals surface area (Å²) >= 11 is 0. The molecule has 2 N–H and O–H groups in total. The third kappa shape index (κ3) is 2.28. The fraction of sp³-hybridized carbons (Fsp3) is 0.167. The molecule has 0 radical (unpaired) electrons. The second-order valence-electron chi connectivity index (χ2n) is 3.31. The molecule has 0 unspecified atom stereocenters. The van der Waals surface area contributed by atoms with Crippen molar-refractivity contribution in [2.75, 3.05) is 5.73 Å². The van der Waals surface area contributed by atoms with Gasteiger partial charge in [-0.25, -0.2) is 9.97 Å². The third-order valence-electron chi connectivity index (χ3n) is 2.15. The fourth-order valence-electron chi connectivity index (χ4n) is 1.38. The number of nitrogen functional groups attached to an aromatic ring is 1. The summed E-state index contributed by atoms with van der Waals surface area (Å²) in [5, 5.41) is 0. The monoisotopic (exact) mass is 215 g/mol. The van der Waals surface area contributed by atoms with Crippen molar-refractivity contribution in [3.05, 3.63) is 42.2 Å². The number of hydrogen-bond donors (Lipinski definition) is 1. The van der Waals surface area contributed by atoms with E-state index in [9.17, 15) is 0 Å². The first-order valence-corrected chi connectivity index (χ1v) is 5.14. The van der Waals surface area contributed by atoms with Gasteiger partial charge in [-0.2, -0.15) is 0 Å². The summed E-state index contributed by atoms with van der Waals surface area (Å²) in [6, 6.07) is 9.54. The molecule has 2 aromatic rings. The molecule has 0 spiro atoms. The molecule has 1 aromatic heterocycles. The van der Waals surface area contributed by atoms with Crippen LogP contribution in [0.2, 0.25) is 0 Å². The maximum atomic E-state index is 5.67. The van der Waals surface area contributed by atoms with E-state index < -0.39 is 0 Å². The molecule has 0 aliphatic rings. The van der Waals surface area contributed by atoms with Gasteiger partial charge in [0.2, 0.25) is 5.95 Å². The second-order valence-corrected chi connectivity index (χ2v) is 3.31. The van der Waals surface area contributed by atoms with E-state index in [1.54, 1.807) is 6.20 Å². The van der Waals surface area contributed by atoms with Crippen LogP contribution in [0.1, 0.15) is 12.6 Å². The zero-order chi connectivity index (χ0) is 11.4. The molecule has 4 heteroatoms. The lowest BCUT2D eigenvalue weighted by Gasteiger charge is -2.08. The van der Waals surface area contributed by atoms with Crippen LogP contribution in [0, 0.1) is 0 Å². The van der Waals surface area contributed by atoms with Crippen LogP contribution < -0.4 is 10.5 Å². The molecule has 0 atom stereocenters. The maximum absolute atomic E-state index is 5.67. The third-order valence-corrected chi connectivity index (χ3v) is 2.15.